The number of carbonyl (C=O) groups excluding carboxylic acids is 2. The summed E-state index contributed by atoms with van der Waals surface area (Å²) in [6.45, 7) is 3.80. The Bertz CT molecular complexity index is 824. The van der Waals surface area contributed by atoms with E-state index in [0.29, 0.717) is 31.1 Å². The van der Waals surface area contributed by atoms with E-state index in [1.54, 1.807) is 0 Å². The first-order valence-electron chi connectivity index (χ1n) is 9.70. The van der Waals surface area contributed by atoms with Crippen molar-refractivity contribution in [2.45, 2.75) is 63.3 Å². The number of aromatic nitrogens is 3. The van der Waals surface area contributed by atoms with Crippen molar-refractivity contribution >= 4 is 33.4 Å². The Kier molecular flexibility index (Phi) is 6.97. The standard InChI is InChI=1S/C17H27N5O4S2/c1-2-22-14(10-21-8-5-3-4-6-16(21)24)19-20-17(22)27-11-15(23)18-13-7-9-28(25,26)12-13/h13H,2-12H2,1H3,(H,18,23). The molecular formula is C17H27N5O4S2. The molecule has 28 heavy (non-hydrogen) atoms. The van der Waals surface area contributed by atoms with Crippen molar-refractivity contribution in [3.05, 3.63) is 5.82 Å². The molecule has 9 nitrogen and oxygen atoms in total. The highest BCUT2D eigenvalue weighted by atomic mass is 32.2. The highest BCUT2D eigenvalue weighted by Gasteiger charge is 2.29. The highest BCUT2D eigenvalue weighted by molar-refractivity contribution is 7.99. The molecule has 3 rings (SSSR count). The lowest BCUT2D eigenvalue weighted by Gasteiger charge is -2.20. The summed E-state index contributed by atoms with van der Waals surface area (Å²) >= 11 is 1.28. The molecule has 1 atom stereocenters. The quantitative estimate of drug-likeness (QED) is 0.631. The zero-order valence-corrected chi connectivity index (χ0v) is 17.7. The van der Waals surface area contributed by atoms with Crippen LogP contribution >= 0.6 is 11.8 Å². The van der Waals surface area contributed by atoms with Crippen LogP contribution in [0.4, 0.5) is 0 Å². The Hall–Kier alpha value is -1.62. The summed E-state index contributed by atoms with van der Waals surface area (Å²) in [5, 5.41) is 11.8. The van der Waals surface area contributed by atoms with Gasteiger partial charge in [-0.2, -0.15) is 0 Å². The Morgan fingerprint density at radius 1 is 1.29 bits per heavy atom. The van der Waals surface area contributed by atoms with E-state index in [1.165, 1.54) is 11.8 Å². The number of nitrogens with zero attached hydrogens (tertiary/aromatic N) is 4. The lowest BCUT2D eigenvalue weighted by Crippen LogP contribution is -2.36. The van der Waals surface area contributed by atoms with Gasteiger partial charge in [0.1, 0.15) is 0 Å². The van der Waals surface area contributed by atoms with E-state index >= 15 is 0 Å². The molecule has 0 radical (unpaired) electrons. The maximum atomic E-state index is 12.2. The predicted octanol–water partition coefficient (Wildman–Crippen LogP) is 0.596. The van der Waals surface area contributed by atoms with Crippen LogP contribution < -0.4 is 5.32 Å². The van der Waals surface area contributed by atoms with Crippen LogP contribution in [-0.2, 0) is 32.5 Å². The zero-order valence-electron chi connectivity index (χ0n) is 16.1. The fourth-order valence-corrected chi connectivity index (χ4v) is 6.05. The summed E-state index contributed by atoms with van der Waals surface area (Å²) in [5.41, 5.74) is 0. The molecule has 1 aromatic rings. The number of hydrogen-bond donors (Lipinski definition) is 1. The fourth-order valence-electron chi connectivity index (χ4n) is 3.55. The average Bonchev–Trinajstić information content (AvgIpc) is 3.12. The first-order valence-corrected chi connectivity index (χ1v) is 12.5. The maximum Gasteiger partial charge on any atom is 0.230 e. The number of hydrogen-bond acceptors (Lipinski definition) is 7. The minimum atomic E-state index is -3.02. The van der Waals surface area contributed by atoms with Gasteiger partial charge >= 0.3 is 0 Å². The van der Waals surface area contributed by atoms with Gasteiger partial charge in [-0.3, -0.25) is 9.59 Å². The van der Waals surface area contributed by atoms with E-state index in [2.05, 4.69) is 15.5 Å². The molecule has 2 saturated heterocycles. The van der Waals surface area contributed by atoms with Gasteiger partial charge < -0.3 is 14.8 Å². The van der Waals surface area contributed by atoms with Crippen molar-refractivity contribution in [2.75, 3.05) is 23.8 Å². The first-order chi connectivity index (χ1) is 13.4. The van der Waals surface area contributed by atoms with Crippen molar-refractivity contribution in [1.82, 2.24) is 25.0 Å². The van der Waals surface area contributed by atoms with Crippen molar-refractivity contribution in [2.24, 2.45) is 0 Å². The number of sulfone groups is 1. The molecule has 2 amide bonds. The maximum absolute atomic E-state index is 12.2. The normalized spacial score (nSPS) is 22.2. The van der Waals surface area contributed by atoms with Crippen LogP contribution in [0.3, 0.4) is 0 Å². The Morgan fingerprint density at radius 2 is 2.11 bits per heavy atom. The summed E-state index contributed by atoms with van der Waals surface area (Å²) in [5.74, 6) is 0.973. The number of thioether (sulfide) groups is 1. The lowest BCUT2D eigenvalue weighted by molar-refractivity contribution is -0.131. The number of carbonyl (C=O) groups is 2. The smallest absolute Gasteiger partial charge is 0.230 e. The van der Waals surface area contributed by atoms with Crippen LogP contribution in [-0.4, -0.2) is 69.7 Å². The summed E-state index contributed by atoms with van der Waals surface area (Å²) in [4.78, 5) is 26.2. The van der Waals surface area contributed by atoms with Crippen LogP contribution in [0, 0.1) is 0 Å². The molecule has 0 aromatic carbocycles. The molecule has 0 spiro atoms. The van der Waals surface area contributed by atoms with Gasteiger partial charge in [-0.1, -0.05) is 18.2 Å². The molecule has 1 N–H and O–H groups in total. The van der Waals surface area contributed by atoms with Crippen LogP contribution in [0.1, 0.15) is 44.9 Å². The first kappa shape index (κ1) is 21.1. The monoisotopic (exact) mass is 429 g/mol. The second-order valence-electron chi connectivity index (χ2n) is 7.23. The van der Waals surface area contributed by atoms with Crippen molar-refractivity contribution in [1.29, 1.82) is 0 Å². The molecule has 0 bridgehead atoms. The van der Waals surface area contributed by atoms with E-state index < -0.39 is 9.84 Å². The number of nitrogens with one attached hydrogen (secondary N) is 1. The Morgan fingerprint density at radius 3 is 2.82 bits per heavy atom. The molecule has 2 aliphatic heterocycles. The van der Waals surface area contributed by atoms with Gasteiger partial charge in [0.2, 0.25) is 11.8 Å². The van der Waals surface area contributed by atoms with Crippen LogP contribution in [0.25, 0.3) is 0 Å². The molecular weight excluding hydrogens is 402 g/mol. The van der Waals surface area contributed by atoms with Gasteiger partial charge in [-0.25, -0.2) is 8.42 Å². The highest BCUT2D eigenvalue weighted by Crippen LogP contribution is 2.20. The Labute approximate surface area is 169 Å². The number of likely N-dealkylation sites (tertiary alicyclic amines) is 1. The third-order valence-corrected chi connectivity index (χ3v) is 7.78. The van der Waals surface area contributed by atoms with Gasteiger partial charge in [0.05, 0.1) is 23.8 Å². The van der Waals surface area contributed by atoms with Crippen LogP contribution in [0.15, 0.2) is 5.16 Å². The lowest BCUT2D eigenvalue weighted by atomic mass is 10.2. The van der Waals surface area contributed by atoms with Crippen molar-refractivity contribution in [3.8, 4) is 0 Å². The van der Waals surface area contributed by atoms with Gasteiger partial charge in [-0.05, 0) is 26.2 Å². The third-order valence-electron chi connectivity index (χ3n) is 5.04. The molecule has 3 heterocycles. The van der Waals surface area contributed by atoms with E-state index in [9.17, 15) is 18.0 Å². The molecule has 2 aliphatic rings. The third kappa shape index (κ3) is 5.47. The van der Waals surface area contributed by atoms with Crippen LogP contribution in [0.5, 0.6) is 0 Å². The van der Waals surface area contributed by atoms with E-state index in [4.69, 9.17) is 0 Å². The summed E-state index contributed by atoms with van der Waals surface area (Å²) in [6.07, 6.45) is 4.07. The molecule has 1 unspecified atom stereocenters. The molecule has 2 fully saturated rings. The van der Waals surface area contributed by atoms with Crippen LogP contribution in [0.2, 0.25) is 0 Å². The van der Waals surface area contributed by atoms with Gasteiger partial charge in [0, 0.05) is 25.6 Å². The van der Waals surface area contributed by atoms with Crippen molar-refractivity contribution < 1.29 is 18.0 Å². The number of rotatable bonds is 7. The van der Waals surface area contributed by atoms with E-state index in [0.717, 1.165) is 31.6 Å². The summed E-state index contributed by atoms with van der Waals surface area (Å²) in [7, 11) is -3.02. The molecule has 0 aliphatic carbocycles. The molecule has 0 saturated carbocycles. The topological polar surface area (TPSA) is 114 Å². The SMILES string of the molecule is CCn1c(CN2CCCCCC2=O)nnc1SCC(=O)NC1CCS(=O)(=O)C1. The minimum absolute atomic E-state index is 0.0164. The second-order valence-corrected chi connectivity index (χ2v) is 10.4. The molecule has 1 aromatic heterocycles. The largest absolute Gasteiger partial charge is 0.352 e. The summed E-state index contributed by atoms with van der Waals surface area (Å²) in [6, 6.07) is -0.299. The number of amides is 2. The Balaban J connectivity index is 1.56. The predicted molar refractivity (Wildman–Crippen MR) is 106 cm³/mol. The van der Waals surface area contributed by atoms with E-state index in [-0.39, 0.29) is 35.1 Å². The molecule has 11 heteroatoms. The fraction of sp³-hybridized carbons (Fsp3) is 0.765. The molecule has 156 valence electrons. The summed E-state index contributed by atoms with van der Waals surface area (Å²) < 4.78 is 24.9. The van der Waals surface area contributed by atoms with Gasteiger partial charge in [0.15, 0.2) is 20.8 Å². The van der Waals surface area contributed by atoms with Gasteiger partial charge in [0.25, 0.3) is 0 Å². The average molecular weight is 430 g/mol. The van der Waals surface area contributed by atoms with Crippen molar-refractivity contribution in [3.63, 3.8) is 0 Å². The minimum Gasteiger partial charge on any atom is -0.352 e. The zero-order chi connectivity index (χ0) is 20.1. The van der Waals surface area contributed by atoms with Gasteiger partial charge in [-0.15, -0.1) is 10.2 Å². The second kappa shape index (κ2) is 9.25. The van der Waals surface area contributed by atoms with E-state index in [1.807, 2.05) is 16.4 Å².